The Bertz CT molecular complexity index is 640. The SMILES string of the molecule is OC(c1ccco1)c1cc2cccc(Br)c2o1. The summed E-state index contributed by atoms with van der Waals surface area (Å²) in [6.07, 6.45) is 0.654. The maximum Gasteiger partial charge on any atom is 0.169 e. The normalized spacial score (nSPS) is 13.1. The fourth-order valence-corrected chi connectivity index (χ4v) is 2.23. The lowest BCUT2D eigenvalue weighted by molar-refractivity contribution is 0.165. The van der Waals surface area contributed by atoms with Crippen LogP contribution in [0.1, 0.15) is 17.6 Å². The van der Waals surface area contributed by atoms with Crippen LogP contribution in [0.15, 0.2) is 56.0 Å². The highest BCUT2D eigenvalue weighted by atomic mass is 79.9. The third kappa shape index (κ3) is 1.79. The summed E-state index contributed by atoms with van der Waals surface area (Å²) in [5.74, 6) is 0.946. The van der Waals surface area contributed by atoms with E-state index in [4.69, 9.17) is 8.83 Å². The van der Waals surface area contributed by atoms with Crippen LogP contribution in [-0.2, 0) is 0 Å². The van der Waals surface area contributed by atoms with Crippen molar-refractivity contribution in [1.82, 2.24) is 0 Å². The smallest absolute Gasteiger partial charge is 0.169 e. The molecule has 3 aromatic rings. The third-order valence-electron chi connectivity index (χ3n) is 2.60. The molecule has 0 saturated carbocycles. The van der Waals surface area contributed by atoms with Crippen LogP contribution >= 0.6 is 15.9 Å². The predicted octanol–water partition coefficient (Wildman–Crippen LogP) is 3.87. The highest BCUT2D eigenvalue weighted by Crippen LogP contribution is 2.32. The lowest BCUT2D eigenvalue weighted by Gasteiger charge is -2.02. The number of para-hydroxylation sites is 1. The largest absolute Gasteiger partial charge is 0.466 e. The van der Waals surface area contributed by atoms with E-state index in [1.165, 1.54) is 6.26 Å². The van der Waals surface area contributed by atoms with E-state index in [9.17, 15) is 5.11 Å². The van der Waals surface area contributed by atoms with Gasteiger partial charge in [-0.1, -0.05) is 12.1 Å². The number of rotatable bonds is 2. The number of halogens is 1. The van der Waals surface area contributed by atoms with Gasteiger partial charge in [0.1, 0.15) is 17.1 Å². The first-order valence-corrected chi connectivity index (χ1v) is 5.94. The van der Waals surface area contributed by atoms with E-state index < -0.39 is 6.10 Å². The van der Waals surface area contributed by atoms with E-state index in [2.05, 4.69) is 15.9 Å². The summed E-state index contributed by atoms with van der Waals surface area (Å²) in [4.78, 5) is 0. The minimum absolute atomic E-state index is 0.472. The van der Waals surface area contributed by atoms with Gasteiger partial charge in [0.15, 0.2) is 6.10 Å². The van der Waals surface area contributed by atoms with Crippen molar-refractivity contribution in [3.63, 3.8) is 0 Å². The summed E-state index contributed by atoms with van der Waals surface area (Å²) in [5, 5.41) is 11.0. The van der Waals surface area contributed by atoms with Gasteiger partial charge in [-0.15, -0.1) is 0 Å². The minimum atomic E-state index is -0.871. The van der Waals surface area contributed by atoms with Crippen LogP contribution in [0.3, 0.4) is 0 Å². The Morgan fingerprint density at radius 3 is 2.71 bits per heavy atom. The van der Waals surface area contributed by atoms with E-state index in [1.807, 2.05) is 24.3 Å². The lowest BCUT2D eigenvalue weighted by atomic mass is 10.2. The maximum absolute atomic E-state index is 10.1. The Morgan fingerprint density at radius 2 is 2.00 bits per heavy atom. The quantitative estimate of drug-likeness (QED) is 0.780. The third-order valence-corrected chi connectivity index (χ3v) is 3.22. The van der Waals surface area contributed by atoms with Crippen molar-refractivity contribution in [1.29, 1.82) is 0 Å². The zero-order chi connectivity index (χ0) is 11.8. The van der Waals surface area contributed by atoms with Crippen LogP contribution in [0.5, 0.6) is 0 Å². The van der Waals surface area contributed by atoms with Crippen molar-refractivity contribution < 1.29 is 13.9 Å². The summed E-state index contributed by atoms with van der Waals surface area (Å²) in [6, 6.07) is 11.0. The molecule has 0 aliphatic rings. The zero-order valence-electron chi connectivity index (χ0n) is 8.76. The summed E-state index contributed by atoms with van der Waals surface area (Å²) >= 11 is 3.41. The molecular weight excluding hydrogens is 284 g/mol. The molecule has 0 aliphatic carbocycles. The highest BCUT2D eigenvalue weighted by molar-refractivity contribution is 9.10. The average Bonchev–Trinajstić information content (AvgIpc) is 2.98. The summed E-state index contributed by atoms with van der Waals surface area (Å²) < 4.78 is 11.7. The Morgan fingerprint density at radius 1 is 1.12 bits per heavy atom. The van der Waals surface area contributed by atoms with E-state index >= 15 is 0 Å². The van der Waals surface area contributed by atoms with E-state index in [0.717, 1.165) is 15.4 Å². The second kappa shape index (κ2) is 4.05. The van der Waals surface area contributed by atoms with Crippen LogP contribution in [0.25, 0.3) is 11.0 Å². The minimum Gasteiger partial charge on any atom is -0.466 e. The molecule has 0 aliphatic heterocycles. The summed E-state index contributed by atoms with van der Waals surface area (Å²) in [5.41, 5.74) is 0.730. The lowest BCUT2D eigenvalue weighted by Crippen LogP contribution is -1.95. The molecule has 0 radical (unpaired) electrons. The molecule has 3 rings (SSSR count). The number of benzene rings is 1. The first kappa shape index (κ1) is 10.6. The second-order valence-electron chi connectivity index (χ2n) is 3.72. The highest BCUT2D eigenvalue weighted by Gasteiger charge is 2.18. The average molecular weight is 293 g/mol. The first-order valence-electron chi connectivity index (χ1n) is 5.15. The second-order valence-corrected chi connectivity index (χ2v) is 4.58. The summed E-state index contributed by atoms with van der Waals surface area (Å²) in [6.45, 7) is 0. The molecule has 2 aromatic heterocycles. The zero-order valence-corrected chi connectivity index (χ0v) is 10.3. The Kier molecular flexibility index (Phi) is 2.53. The van der Waals surface area contributed by atoms with Crippen LogP contribution in [0.4, 0.5) is 0 Å². The van der Waals surface area contributed by atoms with E-state index in [1.54, 1.807) is 12.1 Å². The van der Waals surface area contributed by atoms with Gasteiger partial charge in [0.25, 0.3) is 0 Å². The summed E-state index contributed by atoms with van der Waals surface area (Å²) in [7, 11) is 0. The van der Waals surface area contributed by atoms with Gasteiger partial charge in [-0.3, -0.25) is 0 Å². The maximum atomic E-state index is 10.1. The van der Waals surface area contributed by atoms with Gasteiger partial charge in [-0.2, -0.15) is 0 Å². The molecule has 0 amide bonds. The van der Waals surface area contributed by atoms with Gasteiger partial charge in [0.2, 0.25) is 0 Å². The number of aliphatic hydroxyl groups is 1. The Hall–Kier alpha value is -1.52. The number of aliphatic hydroxyl groups excluding tert-OH is 1. The van der Waals surface area contributed by atoms with Crippen molar-refractivity contribution in [2.24, 2.45) is 0 Å². The molecule has 17 heavy (non-hydrogen) atoms. The van der Waals surface area contributed by atoms with Gasteiger partial charge in [-0.25, -0.2) is 0 Å². The van der Waals surface area contributed by atoms with Gasteiger partial charge in [0, 0.05) is 5.39 Å². The molecule has 1 N–H and O–H groups in total. The van der Waals surface area contributed by atoms with Gasteiger partial charge in [0.05, 0.1) is 10.7 Å². The number of hydrogen-bond acceptors (Lipinski definition) is 3. The van der Waals surface area contributed by atoms with Crippen molar-refractivity contribution in [3.05, 3.63) is 58.7 Å². The molecule has 1 unspecified atom stereocenters. The van der Waals surface area contributed by atoms with Gasteiger partial charge in [-0.05, 0) is 40.2 Å². The molecule has 86 valence electrons. The van der Waals surface area contributed by atoms with E-state index in [0.29, 0.717) is 11.5 Å². The molecule has 1 aromatic carbocycles. The molecule has 3 nitrogen and oxygen atoms in total. The van der Waals surface area contributed by atoms with Crippen LogP contribution in [0.2, 0.25) is 0 Å². The molecule has 4 heteroatoms. The molecule has 0 fully saturated rings. The van der Waals surface area contributed by atoms with Crippen molar-refractivity contribution in [2.75, 3.05) is 0 Å². The first-order chi connectivity index (χ1) is 8.25. The Balaban J connectivity index is 2.10. The molecule has 0 saturated heterocycles. The molecule has 0 spiro atoms. The topological polar surface area (TPSA) is 46.5 Å². The van der Waals surface area contributed by atoms with E-state index in [-0.39, 0.29) is 0 Å². The van der Waals surface area contributed by atoms with Crippen molar-refractivity contribution in [2.45, 2.75) is 6.10 Å². The van der Waals surface area contributed by atoms with Crippen LogP contribution in [-0.4, -0.2) is 5.11 Å². The monoisotopic (exact) mass is 292 g/mol. The number of furan rings is 2. The number of hydrogen-bond donors (Lipinski definition) is 1. The Labute approximate surface area is 106 Å². The van der Waals surface area contributed by atoms with Crippen molar-refractivity contribution >= 4 is 26.9 Å². The van der Waals surface area contributed by atoms with Crippen molar-refractivity contribution in [3.8, 4) is 0 Å². The molecule has 0 bridgehead atoms. The standard InChI is InChI=1S/C13H9BrO3/c14-9-4-1-3-8-7-11(17-13(8)9)12(15)10-5-2-6-16-10/h1-7,12,15H. The number of fused-ring (bicyclic) bond motifs is 1. The molecule has 2 heterocycles. The van der Waals surface area contributed by atoms with Gasteiger partial charge < -0.3 is 13.9 Å². The van der Waals surface area contributed by atoms with Gasteiger partial charge >= 0.3 is 0 Å². The fraction of sp³-hybridized carbons (Fsp3) is 0.0769. The van der Waals surface area contributed by atoms with Crippen LogP contribution < -0.4 is 0 Å². The molecule has 1 atom stereocenters. The molecular formula is C13H9BrO3. The fourth-order valence-electron chi connectivity index (χ4n) is 1.77. The van der Waals surface area contributed by atoms with Crippen LogP contribution in [0, 0.1) is 0 Å². The predicted molar refractivity (Wildman–Crippen MR) is 66.7 cm³/mol.